The highest BCUT2D eigenvalue weighted by molar-refractivity contribution is 6.02. The molecule has 0 aliphatic rings. The molecule has 7 heteroatoms. The van der Waals surface area contributed by atoms with Crippen LogP contribution in [0.5, 0.6) is 0 Å². The molecule has 0 bridgehead atoms. The van der Waals surface area contributed by atoms with Gasteiger partial charge in [0.05, 0.1) is 12.4 Å². The van der Waals surface area contributed by atoms with E-state index in [4.69, 9.17) is 4.52 Å². The van der Waals surface area contributed by atoms with E-state index in [1.807, 2.05) is 0 Å². The van der Waals surface area contributed by atoms with Crippen molar-refractivity contribution >= 4 is 17.5 Å². The Morgan fingerprint density at radius 1 is 1.35 bits per heavy atom. The highest BCUT2D eigenvalue weighted by Crippen LogP contribution is 2.09. The van der Waals surface area contributed by atoms with Crippen molar-refractivity contribution in [2.24, 2.45) is 0 Å². The van der Waals surface area contributed by atoms with Crippen molar-refractivity contribution in [3.05, 3.63) is 29.9 Å². The summed E-state index contributed by atoms with van der Waals surface area (Å²) < 4.78 is 4.87. The van der Waals surface area contributed by atoms with Gasteiger partial charge in [0.2, 0.25) is 0 Å². The first kappa shape index (κ1) is 14.0. The van der Waals surface area contributed by atoms with Crippen LogP contribution in [0.1, 0.15) is 36.5 Å². The van der Waals surface area contributed by atoms with Gasteiger partial charge in [-0.25, -0.2) is 9.97 Å². The summed E-state index contributed by atoms with van der Waals surface area (Å²) in [6, 6.07) is 1.94. The molecule has 0 fully saturated rings. The van der Waals surface area contributed by atoms with E-state index in [0.717, 1.165) is 6.42 Å². The Hall–Kier alpha value is -2.44. The molecule has 106 valence electrons. The fraction of sp³-hybridized carbons (Fsp3) is 0.385. The average Bonchev–Trinajstić information content (AvgIpc) is 2.84. The second-order valence-corrected chi connectivity index (χ2v) is 4.52. The number of rotatable bonds is 5. The van der Waals surface area contributed by atoms with Crippen LogP contribution in [0.15, 0.2) is 23.0 Å². The normalized spacial score (nSPS) is 11.9. The summed E-state index contributed by atoms with van der Waals surface area (Å²) in [4.78, 5) is 20.1. The van der Waals surface area contributed by atoms with Crippen molar-refractivity contribution in [2.45, 2.75) is 33.2 Å². The fourth-order valence-electron chi connectivity index (χ4n) is 1.48. The van der Waals surface area contributed by atoms with Crippen molar-refractivity contribution in [2.75, 3.05) is 10.6 Å². The first-order chi connectivity index (χ1) is 9.58. The van der Waals surface area contributed by atoms with Crippen molar-refractivity contribution in [3.63, 3.8) is 0 Å². The Balaban J connectivity index is 2.00. The van der Waals surface area contributed by atoms with E-state index >= 15 is 0 Å². The predicted octanol–water partition coefficient (Wildman–Crippen LogP) is 2.24. The molecule has 1 atom stereocenters. The number of hydrogen-bond donors (Lipinski definition) is 2. The summed E-state index contributed by atoms with van der Waals surface area (Å²) in [5, 5.41) is 9.44. The molecule has 2 aromatic rings. The monoisotopic (exact) mass is 275 g/mol. The number of anilines is 2. The first-order valence-corrected chi connectivity index (χ1v) is 6.41. The van der Waals surface area contributed by atoms with E-state index < -0.39 is 0 Å². The minimum atomic E-state index is -0.374. The highest BCUT2D eigenvalue weighted by Gasteiger charge is 2.11. The van der Waals surface area contributed by atoms with E-state index in [0.29, 0.717) is 23.4 Å². The molecular weight excluding hydrogens is 258 g/mol. The number of hydrogen-bond acceptors (Lipinski definition) is 6. The Bertz CT molecular complexity index is 579. The van der Waals surface area contributed by atoms with Gasteiger partial charge in [0, 0.05) is 12.1 Å². The van der Waals surface area contributed by atoms with Crippen molar-refractivity contribution in [1.82, 2.24) is 15.1 Å². The molecule has 1 amide bonds. The number of nitrogens with one attached hydrogen (secondary N) is 2. The lowest BCUT2D eigenvalue weighted by Gasteiger charge is -2.11. The molecule has 0 radical (unpaired) electrons. The van der Waals surface area contributed by atoms with Crippen LogP contribution >= 0.6 is 0 Å². The lowest BCUT2D eigenvalue weighted by atomic mass is 10.3. The second-order valence-electron chi connectivity index (χ2n) is 4.52. The zero-order valence-corrected chi connectivity index (χ0v) is 11.7. The summed E-state index contributed by atoms with van der Waals surface area (Å²) in [6.07, 6.45) is 3.94. The molecule has 0 spiro atoms. The van der Waals surface area contributed by atoms with Gasteiger partial charge in [0.15, 0.2) is 5.82 Å². The maximum absolute atomic E-state index is 11.9. The molecule has 0 saturated carbocycles. The zero-order chi connectivity index (χ0) is 14.5. The van der Waals surface area contributed by atoms with Crippen LogP contribution < -0.4 is 10.6 Å². The van der Waals surface area contributed by atoms with Crippen LogP contribution in [0.3, 0.4) is 0 Å². The lowest BCUT2D eigenvalue weighted by Crippen LogP contribution is -2.17. The quantitative estimate of drug-likeness (QED) is 0.869. The Morgan fingerprint density at radius 3 is 2.70 bits per heavy atom. The van der Waals surface area contributed by atoms with Gasteiger partial charge < -0.3 is 15.2 Å². The minimum Gasteiger partial charge on any atom is -0.366 e. The number of carbonyl (C=O) groups is 1. The second kappa shape index (κ2) is 6.14. The molecule has 0 aliphatic carbocycles. The molecule has 7 nitrogen and oxygen atoms in total. The summed E-state index contributed by atoms with van der Waals surface area (Å²) >= 11 is 0. The summed E-state index contributed by atoms with van der Waals surface area (Å²) in [6.45, 7) is 5.87. The molecule has 2 heterocycles. The first-order valence-electron chi connectivity index (χ1n) is 6.41. The van der Waals surface area contributed by atoms with Crippen LogP contribution in [-0.4, -0.2) is 27.1 Å². The third-order valence-corrected chi connectivity index (χ3v) is 2.76. The molecular formula is C13H17N5O2. The fourth-order valence-corrected chi connectivity index (χ4v) is 1.48. The number of aryl methyl sites for hydroxylation is 1. The number of aromatic nitrogens is 3. The van der Waals surface area contributed by atoms with Gasteiger partial charge >= 0.3 is 0 Å². The predicted molar refractivity (Wildman–Crippen MR) is 74.6 cm³/mol. The Labute approximate surface area is 116 Å². The van der Waals surface area contributed by atoms with Gasteiger partial charge in [0.1, 0.15) is 17.3 Å². The van der Waals surface area contributed by atoms with E-state index in [2.05, 4.69) is 39.6 Å². The number of nitrogens with zero attached hydrogens (tertiary/aromatic N) is 3. The van der Waals surface area contributed by atoms with Gasteiger partial charge in [-0.3, -0.25) is 4.79 Å². The van der Waals surface area contributed by atoms with Gasteiger partial charge in [-0.2, -0.15) is 0 Å². The van der Waals surface area contributed by atoms with Crippen LogP contribution in [0.4, 0.5) is 11.6 Å². The van der Waals surface area contributed by atoms with Crippen molar-refractivity contribution in [3.8, 4) is 0 Å². The largest absolute Gasteiger partial charge is 0.366 e. The minimum absolute atomic E-state index is 0.223. The summed E-state index contributed by atoms with van der Waals surface area (Å²) in [5.41, 5.74) is 0.223. The number of carbonyl (C=O) groups excluding carboxylic acids is 1. The van der Waals surface area contributed by atoms with Crippen LogP contribution in [0, 0.1) is 6.92 Å². The van der Waals surface area contributed by atoms with E-state index in [1.165, 1.54) is 12.4 Å². The summed E-state index contributed by atoms with van der Waals surface area (Å²) in [7, 11) is 0. The molecule has 0 saturated heterocycles. The summed E-state index contributed by atoms with van der Waals surface area (Å²) in [5.74, 6) is 1.25. The third-order valence-electron chi connectivity index (χ3n) is 2.76. The molecule has 0 aliphatic heterocycles. The Morgan fingerprint density at radius 2 is 2.15 bits per heavy atom. The zero-order valence-electron chi connectivity index (χ0n) is 11.7. The third kappa shape index (κ3) is 3.53. The van der Waals surface area contributed by atoms with Crippen LogP contribution in [0.2, 0.25) is 0 Å². The molecule has 2 aromatic heterocycles. The lowest BCUT2D eigenvalue weighted by molar-refractivity contribution is 0.102. The Kier molecular flexibility index (Phi) is 4.29. The van der Waals surface area contributed by atoms with E-state index in [1.54, 1.807) is 13.0 Å². The highest BCUT2D eigenvalue weighted by atomic mass is 16.5. The average molecular weight is 275 g/mol. The number of amides is 1. The van der Waals surface area contributed by atoms with Gasteiger partial charge in [-0.15, -0.1) is 0 Å². The van der Waals surface area contributed by atoms with Gasteiger partial charge in [0.25, 0.3) is 5.91 Å². The molecule has 2 N–H and O–H groups in total. The van der Waals surface area contributed by atoms with E-state index in [9.17, 15) is 4.79 Å². The SMILES string of the molecule is CCC(C)Nc1cnc(C(=O)Nc2cc(C)on2)cn1. The molecule has 1 unspecified atom stereocenters. The maximum atomic E-state index is 11.9. The molecule has 2 rings (SSSR count). The van der Waals surface area contributed by atoms with Crippen LogP contribution in [0.25, 0.3) is 0 Å². The van der Waals surface area contributed by atoms with E-state index in [-0.39, 0.29) is 11.6 Å². The maximum Gasteiger partial charge on any atom is 0.277 e. The van der Waals surface area contributed by atoms with Gasteiger partial charge in [-0.1, -0.05) is 12.1 Å². The standard InChI is InChI=1S/C13H17N5O2/c1-4-8(2)16-12-7-14-10(6-15-12)13(19)17-11-5-9(3)20-18-11/h5-8H,4H2,1-3H3,(H,15,16)(H,17,18,19). The molecule has 20 heavy (non-hydrogen) atoms. The molecule has 0 aromatic carbocycles. The smallest absolute Gasteiger partial charge is 0.277 e. The van der Waals surface area contributed by atoms with Crippen molar-refractivity contribution < 1.29 is 9.32 Å². The topological polar surface area (TPSA) is 92.9 Å². The van der Waals surface area contributed by atoms with Crippen molar-refractivity contribution in [1.29, 1.82) is 0 Å². The van der Waals surface area contributed by atoms with Crippen LogP contribution in [-0.2, 0) is 0 Å². The van der Waals surface area contributed by atoms with Gasteiger partial charge in [-0.05, 0) is 20.3 Å².